The van der Waals surface area contributed by atoms with E-state index in [0.717, 1.165) is 17.9 Å². The monoisotopic (exact) mass is 224 g/mol. The standard InChI is InChI=1S/C12H20N2O2/c1-3-10-5-6-11(16-10)7-9(8-13)12(15)14-4-2/h5-6,9H,3-4,7-8,13H2,1-2H3,(H,14,15). The summed E-state index contributed by atoms with van der Waals surface area (Å²) in [6.07, 6.45) is 1.44. The smallest absolute Gasteiger partial charge is 0.224 e. The van der Waals surface area contributed by atoms with Gasteiger partial charge < -0.3 is 15.5 Å². The molecule has 1 aromatic heterocycles. The highest BCUT2D eigenvalue weighted by Crippen LogP contribution is 2.13. The molecule has 3 N–H and O–H groups in total. The summed E-state index contributed by atoms with van der Waals surface area (Å²) in [5, 5.41) is 2.78. The zero-order valence-corrected chi connectivity index (χ0v) is 9.95. The van der Waals surface area contributed by atoms with Crippen molar-refractivity contribution >= 4 is 5.91 Å². The maximum atomic E-state index is 11.6. The van der Waals surface area contributed by atoms with Gasteiger partial charge in [0.1, 0.15) is 11.5 Å². The van der Waals surface area contributed by atoms with Crippen LogP contribution in [0.15, 0.2) is 16.5 Å². The molecule has 0 radical (unpaired) electrons. The highest BCUT2D eigenvalue weighted by molar-refractivity contribution is 5.79. The number of furan rings is 1. The molecule has 1 heterocycles. The number of aryl methyl sites for hydroxylation is 1. The van der Waals surface area contributed by atoms with E-state index in [4.69, 9.17) is 10.2 Å². The largest absolute Gasteiger partial charge is 0.466 e. The molecule has 0 aliphatic rings. The van der Waals surface area contributed by atoms with Crippen molar-refractivity contribution in [3.05, 3.63) is 23.7 Å². The van der Waals surface area contributed by atoms with Crippen molar-refractivity contribution in [2.45, 2.75) is 26.7 Å². The lowest BCUT2D eigenvalue weighted by Crippen LogP contribution is -2.36. The Bertz CT molecular complexity index is 334. The van der Waals surface area contributed by atoms with Crippen LogP contribution in [0.4, 0.5) is 0 Å². The van der Waals surface area contributed by atoms with Gasteiger partial charge in [0.05, 0.1) is 5.92 Å². The summed E-state index contributed by atoms with van der Waals surface area (Å²) >= 11 is 0. The van der Waals surface area contributed by atoms with E-state index in [1.54, 1.807) is 0 Å². The summed E-state index contributed by atoms with van der Waals surface area (Å²) < 4.78 is 5.56. The number of nitrogens with one attached hydrogen (secondary N) is 1. The van der Waals surface area contributed by atoms with E-state index in [9.17, 15) is 4.79 Å². The van der Waals surface area contributed by atoms with Crippen LogP contribution >= 0.6 is 0 Å². The number of nitrogens with two attached hydrogens (primary N) is 1. The molecule has 0 aromatic carbocycles. The third-order valence-corrected chi connectivity index (χ3v) is 2.52. The van der Waals surface area contributed by atoms with E-state index in [-0.39, 0.29) is 11.8 Å². The Morgan fingerprint density at radius 1 is 1.44 bits per heavy atom. The van der Waals surface area contributed by atoms with Crippen molar-refractivity contribution in [2.24, 2.45) is 11.7 Å². The fourth-order valence-electron chi connectivity index (χ4n) is 1.57. The van der Waals surface area contributed by atoms with Crippen molar-refractivity contribution in [1.82, 2.24) is 5.32 Å². The van der Waals surface area contributed by atoms with E-state index in [1.165, 1.54) is 0 Å². The minimum atomic E-state index is -0.198. The highest BCUT2D eigenvalue weighted by Gasteiger charge is 2.18. The Labute approximate surface area is 96.2 Å². The minimum Gasteiger partial charge on any atom is -0.466 e. The number of rotatable bonds is 6. The molecule has 16 heavy (non-hydrogen) atoms. The Balaban J connectivity index is 2.58. The molecule has 0 saturated carbocycles. The zero-order chi connectivity index (χ0) is 12.0. The average Bonchev–Trinajstić information content (AvgIpc) is 2.73. The van der Waals surface area contributed by atoms with Crippen LogP contribution in [0.5, 0.6) is 0 Å². The molecular formula is C12H20N2O2. The minimum absolute atomic E-state index is 0.000511. The molecule has 1 unspecified atom stereocenters. The van der Waals surface area contributed by atoms with Gasteiger partial charge in [-0.25, -0.2) is 0 Å². The third kappa shape index (κ3) is 3.38. The fraction of sp³-hybridized carbons (Fsp3) is 0.583. The number of amides is 1. The van der Waals surface area contributed by atoms with Gasteiger partial charge in [0, 0.05) is 25.9 Å². The highest BCUT2D eigenvalue weighted by atomic mass is 16.3. The summed E-state index contributed by atoms with van der Waals surface area (Å²) in [5.74, 6) is 1.58. The van der Waals surface area contributed by atoms with Gasteiger partial charge >= 0.3 is 0 Å². The van der Waals surface area contributed by atoms with E-state index in [0.29, 0.717) is 19.5 Å². The lowest BCUT2D eigenvalue weighted by Gasteiger charge is -2.12. The molecule has 0 saturated heterocycles. The van der Waals surface area contributed by atoms with Gasteiger partial charge in [-0.2, -0.15) is 0 Å². The second-order valence-corrected chi connectivity index (χ2v) is 3.75. The third-order valence-electron chi connectivity index (χ3n) is 2.52. The van der Waals surface area contributed by atoms with Crippen LogP contribution in [0.3, 0.4) is 0 Å². The summed E-state index contributed by atoms with van der Waals surface area (Å²) in [6.45, 7) is 4.90. The van der Waals surface area contributed by atoms with Gasteiger partial charge in [0.2, 0.25) is 5.91 Å². The van der Waals surface area contributed by atoms with Crippen LogP contribution in [0.2, 0.25) is 0 Å². The summed E-state index contributed by atoms with van der Waals surface area (Å²) in [7, 11) is 0. The molecule has 1 amide bonds. The first-order chi connectivity index (χ1) is 7.71. The molecule has 0 aliphatic heterocycles. The van der Waals surface area contributed by atoms with Crippen LogP contribution < -0.4 is 11.1 Å². The number of hydrogen-bond acceptors (Lipinski definition) is 3. The van der Waals surface area contributed by atoms with Gasteiger partial charge in [-0.1, -0.05) is 6.92 Å². The molecule has 90 valence electrons. The lowest BCUT2D eigenvalue weighted by molar-refractivity contribution is -0.124. The quantitative estimate of drug-likeness (QED) is 0.760. The Morgan fingerprint density at radius 3 is 2.62 bits per heavy atom. The van der Waals surface area contributed by atoms with Crippen LogP contribution in [0.1, 0.15) is 25.4 Å². The Kier molecular flexibility index (Phi) is 5.05. The van der Waals surface area contributed by atoms with Crippen molar-refractivity contribution in [1.29, 1.82) is 0 Å². The van der Waals surface area contributed by atoms with Crippen LogP contribution in [-0.2, 0) is 17.6 Å². The van der Waals surface area contributed by atoms with Gasteiger partial charge in [0.15, 0.2) is 0 Å². The van der Waals surface area contributed by atoms with Crippen LogP contribution in [0, 0.1) is 5.92 Å². The first kappa shape index (κ1) is 12.8. The molecule has 0 bridgehead atoms. The fourth-order valence-corrected chi connectivity index (χ4v) is 1.57. The zero-order valence-electron chi connectivity index (χ0n) is 9.95. The predicted octanol–water partition coefficient (Wildman–Crippen LogP) is 1.10. The Morgan fingerprint density at radius 2 is 2.12 bits per heavy atom. The summed E-state index contributed by atoms with van der Waals surface area (Å²) in [5.41, 5.74) is 5.59. The average molecular weight is 224 g/mol. The number of carbonyl (C=O) groups is 1. The second-order valence-electron chi connectivity index (χ2n) is 3.75. The number of hydrogen-bond donors (Lipinski definition) is 2. The molecular weight excluding hydrogens is 204 g/mol. The van der Waals surface area contributed by atoms with Crippen molar-refractivity contribution in [3.63, 3.8) is 0 Å². The maximum Gasteiger partial charge on any atom is 0.224 e. The normalized spacial score (nSPS) is 12.4. The van der Waals surface area contributed by atoms with Gasteiger partial charge in [-0.3, -0.25) is 4.79 Å². The van der Waals surface area contributed by atoms with Crippen molar-refractivity contribution < 1.29 is 9.21 Å². The molecule has 4 heteroatoms. The molecule has 0 aliphatic carbocycles. The Hall–Kier alpha value is -1.29. The van der Waals surface area contributed by atoms with Crippen molar-refractivity contribution in [3.8, 4) is 0 Å². The predicted molar refractivity (Wildman–Crippen MR) is 63.0 cm³/mol. The molecule has 1 atom stereocenters. The molecule has 0 spiro atoms. The van der Waals surface area contributed by atoms with E-state index in [1.807, 2.05) is 26.0 Å². The van der Waals surface area contributed by atoms with Crippen LogP contribution in [-0.4, -0.2) is 19.0 Å². The van der Waals surface area contributed by atoms with E-state index < -0.39 is 0 Å². The number of carbonyl (C=O) groups excluding carboxylic acids is 1. The lowest BCUT2D eigenvalue weighted by atomic mass is 10.0. The maximum absolute atomic E-state index is 11.6. The molecule has 1 aromatic rings. The van der Waals surface area contributed by atoms with Crippen LogP contribution in [0.25, 0.3) is 0 Å². The topological polar surface area (TPSA) is 68.3 Å². The first-order valence-corrected chi connectivity index (χ1v) is 5.76. The van der Waals surface area contributed by atoms with Gasteiger partial charge in [-0.05, 0) is 19.1 Å². The van der Waals surface area contributed by atoms with Gasteiger partial charge in [-0.15, -0.1) is 0 Å². The van der Waals surface area contributed by atoms with E-state index in [2.05, 4.69) is 5.32 Å². The summed E-state index contributed by atoms with van der Waals surface area (Å²) in [6, 6.07) is 3.86. The van der Waals surface area contributed by atoms with E-state index >= 15 is 0 Å². The second kappa shape index (κ2) is 6.33. The SMILES string of the molecule is CCNC(=O)C(CN)Cc1ccc(CC)o1. The molecule has 0 fully saturated rings. The first-order valence-electron chi connectivity index (χ1n) is 5.76. The van der Waals surface area contributed by atoms with Gasteiger partial charge in [0.25, 0.3) is 0 Å². The van der Waals surface area contributed by atoms with Crippen molar-refractivity contribution in [2.75, 3.05) is 13.1 Å². The molecule has 1 rings (SSSR count). The molecule has 4 nitrogen and oxygen atoms in total. The summed E-state index contributed by atoms with van der Waals surface area (Å²) in [4.78, 5) is 11.6.